The maximum absolute atomic E-state index is 6.75. The predicted molar refractivity (Wildman–Crippen MR) is 222 cm³/mol. The number of para-hydroxylation sites is 3. The van der Waals surface area contributed by atoms with Gasteiger partial charge in [-0.2, -0.15) is 0 Å². The molecule has 11 rings (SSSR count). The minimum atomic E-state index is 0.852. The molecule has 0 radical (unpaired) electrons. The van der Waals surface area contributed by atoms with Crippen LogP contribution in [-0.2, 0) is 0 Å². The van der Waals surface area contributed by atoms with Crippen LogP contribution in [0.15, 0.2) is 197 Å². The number of rotatable bonds is 5. The van der Waals surface area contributed by atoms with E-state index in [2.05, 4.69) is 181 Å². The molecule has 0 unspecified atom stereocenters. The largest absolute Gasteiger partial charge is 0.456 e. The van der Waals surface area contributed by atoms with Crippen molar-refractivity contribution < 1.29 is 8.83 Å². The summed E-state index contributed by atoms with van der Waals surface area (Å²) < 4.78 is 13.2. The molecule has 2 heterocycles. The molecule has 9 aromatic carbocycles. The molecule has 0 spiro atoms. The number of furan rings is 2. The van der Waals surface area contributed by atoms with Crippen LogP contribution >= 0.6 is 0 Å². The SMILES string of the molecule is c1ccc(N(c2ccc(-c3cccc4ccccc34)cc2)c2ccc3c(c2)oc2ccccc23)c(-c2cccc3c2oc2cc4ccccc4cc23)c1. The molecule has 0 aliphatic carbocycles. The van der Waals surface area contributed by atoms with Crippen molar-refractivity contribution in [3.8, 4) is 22.3 Å². The zero-order valence-electron chi connectivity index (χ0n) is 28.7. The number of fused-ring (bicyclic) bond motifs is 8. The van der Waals surface area contributed by atoms with Crippen LogP contribution in [0.5, 0.6) is 0 Å². The number of anilines is 3. The van der Waals surface area contributed by atoms with Gasteiger partial charge in [-0.25, -0.2) is 0 Å². The van der Waals surface area contributed by atoms with Gasteiger partial charge in [-0.3, -0.25) is 0 Å². The third-order valence-corrected chi connectivity index (χ3v) is 10.6. The van der Waals surface area contributed by atoms with Gasteiger partial charge in [0.05, 0.1) is 5.69 Å². The summed E-state index contributed by atoms with van der Waals surface area (Å²) in [7, 11) is 0. The summed E-state index contributed by atoms with van der Waals surface area (Å²) in [6.45, 7) is 0. The Balaban J connectivity index is 1.12. The fourth-order valence-corrected chi connectivity index (χ4v) is 8.14. The first-order valence-electron chi connectivity index (χ1n) is 18.0. The van der Waals surface area contributed by atoms with E-state index >= 15 is 0 Å². The normalized spacial score (nSPS) is 11.8. The lowest BCUT2D eigenvalue weighted by atomic mass is 9.97. The Bertz CT molecular complexity index is 3180. The number of nitrogens with zero attached hydrogens (tertiary/aromatic N) is 1. The predicted octanol–water partition coefficient (Wildman–Crippen LogP) is 14.6. The van der Waals surface area contributed by atoms with E-state index in [1.165, 1.54) is 32.7 Å². The second kappa shape index (κ2) is 11.7. The van der Waals surface area contributed by atoms with Crippen molar-refractivity contribution in [1.29, 1.82) is 0 Å². The Kier molecular flexibility index (Phi) is 6.55. The highest BCUT2D eigenvalue weighted by Gasteiger charge is 2.22. The zero-order valence-corrected chi connectivity index (χ0v) is 28.7. The summed E-state index contributed by atoms with van der Waals surface area (Å²) in [5.74, 6) is 0. The highest BCUT2D eigenvalue weighted by atomic mass is 16.3. The van der Waals surface area contributed by atoms with E-state index in [1.54, 1.807) is 0 Å². The molecule has 0 aliphatic rings. The zero-order chi connectivity index (χ0) is 34.9. The Morgan fingerprint density at radius 3 is 1.81 bits per heavy atom. The van der Waals surface area contributed by atoms with Crippen molar-refractivity contribution in [1.82, 2.24) is 0 Å². The molecule has 53 heavy (non-hydrogen) atoms. The first-order valence-corrected chi connectivity index (χ1v) is 18.0. The Morgan fingerprint density at radius 2 is 0.925 bits per heavy atom. The van der Waals surface area contributed by atoms with Gasteiger partial charge in [0, 0.05) is 50.1 Å². The van der Waals surface area contributed by atoms with E-state index in [9.17, 15) is 0 Å². The monoisotopic (exact) mass is 677 g/mol. The molecule has 0 bridgehead atoms. The van der Waals surface area contributed by atoms with Crippen molar-refractivity contribution in [2.24, 2.45) is 0 Å². The van der Waals surface area contributed by atoms with Crippen molar-refractivity contribution >= 4 is 82.5 Å². The maximum atomic E-state index is 6.75. The average molecular weight is 678 g/mol. The molecule has 3 heteroatoms. The first kappa shape index (κ1) is 29.6. The van der Waals surface area contributed by atoms with Gasteiger partial charge in [0.1, 0.15) is 22.3 Å². The van der Waals surface area contributed by atoms with Gasteiger partial charge < -0.3 is 13.7 Å². The third kappa shape index (κ3) is 4.75. The molecule has 2 aromatic heterocycles. The molecule has 0 aliphatic heterocycles. The molecular formula is C50H31NO2. The Labute approximate surface area is 305 Å². The van der Waals surface area contributed by atoms with E-state index in [-0.39, 0.29) is 0 Å². The van der Waals surface area contributed by atoms with Crippen LogP contribution in [0.1, 0.15) is 0 Å². The molecule has 248 valence electrons. The van der Waals surface area contributed by atoms with Gasteiger partial charge in [0.15, 0.2) is 0 Å². The van der Waals surface area contributed by atoms with Gasteiger partial charge in [-0.05, 0) is 81.2 Å². The van der Waals surface area contributed by atoms with E-state index in [1.807, 2.05) is 12.1 Å². The second-order valence-electron chi connectivity index (χ2n) is 13.7. The summed E-state index contributed by atoms with van der Waals surface area (Å²) in [5.41, 5.74) is 11.1. The van der Waals surface area contributed by atoms with E-state index < -0.39 is 0 Å². The standard InChI is InChI=1S/C50H31NO2/c1-2-13-35-30-48-45(29-34(35)12-1)44-20-10-19-43(50(44)53-48)40-16-5-7-21-46(40)51(37-27-28-42-41-17-6-8-22-47(41)52-49(42)31-37)36-25-23-33(24-26-36)39-18-9-14-32-11-3-4-15-38(32)39/h1-31H. The molecular weight excluding hydrogens is 647 g/mol. The van der Waals surface area contributed by atoms with Crippen LogP contribution in [0, 0.1) is 0 Å². The highest BCUT2D eigenvalue weighted by Crippen LogP contribution is 2.46. The summed E-state index contributed by atoms with van der Waals surface area (Å²) in [4.78, 5) is 2.34. The van der Waals surface area contributed by atoms with Gasteiger partial charge in [-0.15, -0.1) is 0 Å². The molecule has 0 N–H and O–H groups in total. The minimum Gasteiger partial charge on any atom is -0.456 e. The van der Waals surface area contributed by atoms with Crippen LogP contribution in [-0.4, -0.2) is 0 Å². The number of benzene rings is 9. The van der Waals surface area contributed by atoms with Gasteiger partial charge in [-0.1, -0.05) is 133 Å². The van der Waals surface area contributed by atoms with Crippen LogP contribution in [0.25, 0.3) is 87.7 Å². The van der Waals surface area contributed by atoms with Crippen molar-refractivity contribution in [3.05, 3.63) is 188 Å². The summed E-state index contributed by atoms with van der Waals surface area (Å²) >= 11 is 0. The molecule has 0 fully saturated rings. The topological polar surface area (TPSA) is 29.5 Å². The second-order valence-corrected chi connectivity index (χ2v) is 13.7. The lowest BCUT2D eigenvalue weighted by Crippen LogP contribution is -2.11. The minimum absolute atomic E-state index is 0.852. The highest BCUT2D eigenvalue weighted by molar-refractivity contribution is 6.14. The smallest absolute Gasteiger partial charge is 0.143 e. The molecule has 0 saturated heterocycles. The number of hydrogen-bond donors (Lipinski definition) is 0. The maximum Gasteiger partial charge on any atom is 0.143 e. The van der Waals surface area contributed by atoms with Gasteiger partial charge in [0.2, 0.25) is 0 Å². The molecule has 0 atom stereocenters. The average Bonchev–Trinajstić information content (AvgIpc) is 3.78. The molecule has 0 amide bonds. The van der Waals surface area contributed by atoms with Crippen LogP contribution in [0.2, 0.25) is 0 Å². The molecule has 3 nitrogen and oxygen atoms in total. The fraction of sp³-hybridized carbons (Fsp3) is 0. The van der Waals surface area contributed by atoms with E-state index in [4.69, 9.17) is 8.83 Å². The summed E-state index contributed by atoms with van der Waals surface area (Å²) in [6.07, 6.45) is 0. The van der Waals surface area contributed by atoms with Crippen LogP contribution < -0.4 is 4.90 Å². The first-order chi connectivity index (χ1) is 26.3. The lowest BCUT2D eigenvalue weighted by molar-refractivity contribution is 0.669. The molecule has 0 saturated carbocycles. The Hall–Kier alpha value is -7.10. The van der Waals surface area contributed by atoms with Gasteiger partial charge in [0.25, 0.3) is 0 Å². The van der Waals surface area contributed by atoms with Gasteiger partial charge >= 0.3 is 0 Å². The molecule has 11 aromatic rings. The quantitative estimate of drug-likeness (QED) is 0.182. The summed E-state index contributed by atoms with van der Waals surface area (Å²) in [6, 6.07) is 66.8. The van der Waals surface area contributed by atoms with Crippen LogP contribution in [0.3, 0.4) is 0 Å². The van der Waals surface area contributed by atoms with Crippen molar-refractivity contribution in [3.63, 3.8) is 0 Å². The fourth-order valence-electron chi connectivity index (χ4n) is 8.14. The van der Waals surface area contributed by atoms with Crippen molar-refractivity contribution in [2.75, 3.05) is 4.90 Å². The lowest BCUT2D eigenvalue weighted by Gasteiger charge is -2.28. The third-order valence-electron chi connectivity index (χ3n) is 10.6. The Morgan fingerprint density at radius 1 is 0.321 bits per heavy atom. The van der Waals surface area contributed by atoms with Crippen molar-refractivity contribution in [2.45, 2.75) is 0 Å². The summed E-state index contributed by atoms with van der Waals surface area (Å²) in [5, 5.41) is 9.28. The van der Waals surface area contributed by atoms with Crippen LogP contribution in [0.4, 0.5) is 17.1 Å². The van der Waals surface area contributed by atoms with E-state index in [0.717, 1.165) is 72.1 Å². The van der Waals surface area contributed by atoms with E-state index in [0.29, 0.717) is 0 Å². The number of hydrogen-bond acceptors (Lipinski definition) is 3.